The second-order valence-corrected chi connectivity index (χ2v) is 5.73. The molecule has 2 aliphatic rings. The Bertz CT molecular complexity index is 316. The standard InChI is InChI=1S/C13H21F3N2O/c14-13(15,16)10-2-1-3-11(6-10)17-8-12(19)18-7-9-4-5-9/h9-11,17H,1-8H2,(H,18,19). The molecule has 0 heterocycles. The van der Waals surface area contributed by atoms with Crippen LogP contribution in [-0.2, 0) is 4.79 Å². The van der Waals surface area contributed by atoms with E-state index in [9.17, 15) is 18.0 Å². The number of halogens is 3. The summed E-state index contributed by atoms with van der Waals surface area (Å²) in [5.74, 6) is -0.706. The molecule has 0 aliphatic heterocycles. The van der Waals surface area contributed by atoms with Crippen LogP contribution in [0.25, 0.3) is 0 Å². The third-order valence-electron chi connectivity index (χ3n) is 3.97. The molecule has 2 saturated carbocycles. The smallest absolute Gasteiger partial charge is 0.355 e. The molecule has 2 unspecified atom stereocenters. The Hall–Kier alpha value is -0.780. The quantitative estimate of drug-likeness (QED) is 0.809. The summed E-state index contributed by atoms with van der Waals surface area (Å²) in [7, 11) is 0. The van der Waals surface area contributed by atoms with Crippen molar-refractivity contribution < 1.29 is 18.0 Å². The summed E-state index contributed by atoms with van der Waals surface area (Å²) < 4.78 is 37.9. The Morgan fingerprint density at radius 1 is 1.16 bits per heavy atom. The fraction of sp³-hybridized carbons (Fsp3) is 0.923. The average Bonchev–Trinajstić information content (AvgIpc) is 3.17. The van der Waals surface area contributed by atoms with E-state index < -0.39 is 12.1 Å². The Labute approximate surface area is 111 Å². The minimum atomic E-state index is -4.10. The van der Waals surface area contributed by atoms with E-state index in [-0.39, 0.29) is 31.3 Å². The lowest BCUT2D eigenvalue weighted by Gasteiger charge is -2.31. The number of hydrogen-bond donors (Lipinski definition) is 2. The van der Waals surface area contributed by atoms with Crippen LogP contribution < -0.4 is 10.6 Å². The number of alkyl halides is 3. The highest BCUT2D eigenvalue weighted by molar-refractivity contribution is 5.78. The molecule has 2 aliphatic carbocycles. The minimum absolute atomic E-state index is 0.0966. The highest BCUT2D eigenvalue weighted by Gasteiger charge is 2.42. The van der Waals surface area contributed by atoms with E-state index in [2.05, 4.69) is 10.6 Å². The zero-order valence-electron chi connectivity index (χ0n) is 10.9. The van der Waals surface area contributed by atoms with Crippen molar-refractivity contribution in [1.82, 2.24) is 10.6 Å². The summed E-state index contributed by atoms with van der Waals surface area (Å²) in [6.45, 7) is 0.832. The van der Waals surface area contributed by atoms with Crippen LogP contribution in [0.1, 0.15) is 38.5 Å². The number of hydrogen-bond acceptors (Lipinski definition) is 2. The summed E-state index contributed by atoms with van der Waals surface area (Å²) in [5, 5.41) is 5.76. The second-order valence-electron chi connectivity index (χ2n) is 5.73. The van der Waals surface area contributed by atoms with Crippen molar-refractivity contribution in [2.75, 3.05) is 13.1 Å². The molecule has 0 saturated heterocycles. The molecule has 2 N–H and O–H groups in total. The van der Waals surface area contributed by atoms with Gasteiger partial charge in [-0.1, -0.05) is 6.42 Å². The molecule has 0 aromatic heterocycles. The minimum Gasteiger partial charge on any atom is -0.355 e. The zero-order chi connectivity index (χ0) is 13.9. The van der Waals surface area contributed by atoms with E-state index in [1.807, 2.05) is 0 Å². The highest BCUT2D eigenvalue weighted by Crippen LogP contribution is 2.37. The second kappa shape index (κ2) is 6.11. The summed E-state index contributed by atoms with van der Waals surface area (Å²) in [4.78, 5) is 11.5. The van der Waals surface area contributed by atoms with Gasteiger partial charge >= 0.3 is 6.18 Å². The van der Waals surface area contributed by atoms with Crippen LogP contribution in [0.5, 0.6) is 0 Å². The van der Waals surface area contributed by atoms with Crippen LogP contribution in [0.3, 0.4) is 0 Å². The lowest BCUT2D eigenvalue weighted by atomic mass is 9.85. The first-order valence-corrected chi connectivity index (χ1v) is 7.02. The van der Waals surface area contributed by atoms with E-state index >= 15 is 0 Å². The summed E-state index contributed by atoms with van der Waals surface area (Å²) in [6, 6.07) is -0.188. The first-order valence-electron chi connectivity index (χ1n) is 7.02. The van der Waals surface area contributed by atoms with Crippen molar-refractivity contribution in [1.29, 1.82) is 0 Å². The zero-order valence-corrected chi connectivity index (χ0v) is 10.9. The molecule has 19 heavy (non-hydrogen) atoms. The molecule has 0 aromatic carbocycles. The van der Waals surface area contributed by atoms with Crippen molar-refractivity contribution in [2.45, 2.75) is 50.7 Å². The maximum Gasteiger partial charge on any atom is 0.391 e. The van der Waals surface area contributed by atoms with E-state index in [1.165, 1.54) is 12.8 Å². The number of rotatable bonds is 5. The topological polar surface area (TPSA) is 41.1 Å². The highest BCUT2D eigenvalue weighted by atomic mass is 19.4. The van der Waals surface area contributed by atoms with Crippen LogP contribution in [0.4, 0.5) is 13.2 Å². The van der Waals surface area contributed by atoms with Crippen LogP contribution in [0, 0.1) is 11.8 Å². The third kappa shape index (κ3) is 5.01. The molecule has 2 atom stereocenters. The van der Waals surface area contributed by atoms with Gasteiger partial charge in [0.2, 0.25) is 5.91 Å². The van der Waals surface area contributed by atoms with Gasteiger partial charge in [-0.25, -0.2) is 0 Å². The lowest BCUT2D eigenvalue weighted by molar-refractivity contribution is -0.183. The molecule has 110 valence electrons. The summed E-state index contributed by atoms with van der Waals surface area (Å²) in [5.41, 5.74) is 0. The Balaban J connectivity index is 1.65. The van der Waals surface area contributed by atoms with Crippen LogP contribution in [0.15, 0.2) is 0 Å². The SMILES string of the molecule is O=C(CNC1CCCC(C(F)(F)F)C1)NCC1CC1. The molecule has 1 amide bonds. The van der Waals surface area contributed by atoms with Gasteiger partial charge in [-0.2, -0.15) is 13.2 Å². The van der Waals surface area contributed by atoms with Gasteiger partial charge in [-0.3, -0.25) is 4.79 Å². The fourth-order valence-corrected chi connectivity index (χ4v) is 2.55. The molecule has 0 aromatic rings. The Kier molecular flexibility index (Phi) is 4.71. The van der Waals surface area contributed by atoms with E-state index in [4.69, 9.17) is 0 Å². The molecule has 0 bridgehead atoms. The van der Waals surface area contributed by atoms with E-state index in [0.29, 0.717) is 18.9 Å². The average molecular weight is 278 g/mol. The van der Waals surface area contributed by atoms with Crippen molar-refractivity contribution in [2.24, 2.45) is 11.8 Å². The maximum atomic E-state index is 12.6. The van der Waals surface area contributed by atoms with Crippen LogP contribution in [-0.4, -0.2) is 31.2 Å². The monoisotopic (exact) mass is 278 g/mol. The molecular weight excluding hydrogens is 257 g/mol. The molecule has 2 rings (SSSR count). The number of nitrogens with one attached hydrogen (secondary N) is 2. The van der Waals surface area contributed by atoms with Crippen LogP contribution in [0.2, 0.25) is 0 Å². The first-order chi connectivity index (χ1) is 8.95. The van der Waals surface area contributed by atoms with Crippen molar-refractivity contribution >= 4 is 5.91 Å². The number of carbonyl (C=O) groups is 1. The van der Waals surface area contributed by atoms with Gasteiger partial charge in [0.05, 0.1) is 12.5 Å². The molecule has 2 fully saturated rings. The lowest BCUT2D eigenvalue weighted by Crippen LogP contribution is -2.43. The number of carbonyl (C=O) groups excluding carboxylic acids is 1. The molecule has 0 radical (unpaired) electrons. The van der Waals surface area contributed by atoms with E-state index in [0.717, 1.165) is 6.42 Å². The fourth-order valence-electron chi connectivity index (χ4n) is 2.55. The van der Waals surface area contributed by atoms with Gasteiger partial charge in [0, 0.05) is 12.6 Å². The van der Waals surface area contributed by atoms with Gasteiger partial charge in [-0.15, -0.1) is 0 Å². The first kappa shape index (κ1) is 14.6. The van der Waals surface area contributed by atoms with Gasteiger partial charge in [0.1, 0.15) is 0 Å². The third-order valence-corrected chi connectivity index (χ3v) is 3.97. The Morgan fingerprint density at radius 2 is 1.89 bits per heavy atom. The molecule has 3 nitrogen and oxygen atoms in total. The van der Waals surface area contributed by atoms with Gasteiger partial charge in [0.15, 0.2) is 0 Å². The summed E-state index contributed by atoms with van der Waals surface area (Å²) >= 11 is 0. The summed E-state index contributed by atoms with van der Waals surface area (Å²) in [6.07, 6.45) is -0.148. The largest absolute Gasteiger partial charge is 0.391 e. The Morgan fingerprint density at radius 3 is 2.53 bits per heavy atom. The van der Waals surface area contributed by atoms with Gasteiger partial charge in [0.25, 0.3) is 0 Å². The van der Waals surface area contributed by atoms with Gasteiger partial charge < -0.3 is 10.6 Å². The predicted molar refractivity (Wildman–Crippen MR) is 65.5 cm³/mol. The normalized spacial score (nSPS) is 28.2. The van der Waals surface area contributed by atoms with Crippen molar-refractivity contribution in [3.63, 3.8) is 0 Å². The molecule has 6 heteroatoms. The van der Waals surface area contributed by atoms with Crippen molar-refractivity contribution in [3.05, 3.63) is 0 Å². The maximum absolute atomic E-state index is 12.6. The molecular formula is C13H21F3N2O. The molecule has 0 spiro atoms. The van der Waals surface area contributed by atoms with Crippen LogP contribution >= 0.6 is 0 Å². The van der Waals surface area contributed by atoms with Crippen molar-refractivity contribution in [3.8, 4) is 0 Å². The number of amides is 1. The van der Waals surface area contributed by atoms with E-state index in [1.54, 1.807) is 0 Å². The predicted octanol–water partition coefficient (Wildman–Crippen LogP) is 2.22. The van der Waals surface area contributed by atoms with Gasteiger partial charge in [-0.05, 0) is 38.0 Å².